The molecule has 7 heteroatoms. The average Bonchev–Trinajstić information content (AvgIpc) is 3.28. The van der Waals surface area contributed by atoms with Crippen molar-refractivity contribution in [1.82, 2.24) is 9.55 Å². The van der Waals surface area contributed by atoms with Crippen molar-refractivity contribution in [3.63, 3.8) is 0 Å². The summed E-state index contributed by atoms with van der Waals surface area (Å²) in [4.78, 5) is 30.6. The molecule has 1 aromatic carbocycles. The lowest BCUT2D eigenvalue weighted by Gasteiger charge is -2.09. The first kappa shape index (κ1) is 22.1. The van der Waals surface area contributed by atoms with Crippen LogP contribution < -0.4 is 0 Å². The fourth-order valence-electron chi connectivity index (χ4n) is 3.17. The summed E-state index contributed by atoms with van der Waals surface area (Å²) in [5.41, 5.74) is 3.84. The Balaban J connectivity index is 1.66. The summed E-state index contributed by atoms with van der Waals surface area (Å²) in [6.07, 6.45) is 1.79. The first-order valence-corrected chi connectivity index (χ1v) is 11.4. The van der Waals surface area contributed by atoms with Gasteiger partial charge in [-0.3, -0.25) is 4.79 Å². The number of Topliss-reactive ketones (excluding diaryl/α,β-unsaturated/α-hetero) is 1. The summed E-state index contributed by atoms with van der Waals surface area (Å²) in [6, 6.07) is 9.10. The number of esters is 1. The van der Waals surface area contributed by atoms with E-state index in [0.29, 0.717) is 23.4 Å². The van der Waals surface area contributed by atoms with Gasteiger partial charge in [0, 0.05) is 39.5 Å². The van der Waals surface area contributed by atoms with E-state index in [2.05, 4.69) is 11.6 Å². The van der Waals surface area contributed by atoms with Gasteiger partial charge in [0.15, 0.2) is 6.61 Å². The first-order valence-electron chi connectivity index (χ1n) is 9.51. The summed E-state index contributed by atoms with van der Waals surface area (Å²) >= 11 is 3.14. The predicted octanol–water partition coefficient (Wildman–Crippen LogP) is 5.39. The normalized spacial score (nSPS) is 10.8. The van der Waals surface area contributed by atoms with Crippen molar-refractivity contribution in [2.45, 2.75) is 38.0 Å². The lowest BCUT2D eigenvalue weighted by Crippen LogP contribution is -2.15. The van der Waals surface area contributed by atoms with Crippen LogP contribution in [0.3, 0.4) is 0 Å². The molecule has 0 aliphatic carbocycles. The third kappa shape index (κ3) is 5.09. The van der Waals surface area contributed by atoms with Gasteiger partial charge in [0.25, 0.3) is 0 Å². The Labute approximate surface area is 184 Å². The maximum absolute atomic E-state index is 12.7. The standard InChI is InChI=1S/C23H24N2O3S2/c1-5-10-25-15(2)11-20(16(25)3)21(26)12-28-23(27)19-8-6-7-9-22(19)30-14-18-13-29-17(4)24-18/h5-9,11,13H,1,10,12,14H2,2-4H3. The molecule has 0 saturated carbocycles. The number of hydrogen-bond acceptors (Lipinski definition) is 6. The molecule has 0 radical (unpaired) electrons. The van der Waals surface area contributed by atoms with E-state index in [9.17, 15) is 9.59 Å². The summed E-state index contributed by atoms with van der Waals surface area (Å²) in [5.74, 6) is -0.0429. The molecule has 0 saturated heterocycles. The number of nitrogens with zero attached hydrogens (tertiary/aromatic N) is 2. The number of benzene rings is 1. The van der Waals surface area contributed by atoms with E-state index < -0.39 is 5.97 Å². The van der Waals surface area contributed by atoms with E-state index in [1.807, 2.05) is 48.9 Å². The second-order valence-corrected chi connectivity index (χ2v) is 8.91. The van der Waals surface area contributed by atoms with Crippen LogP contribution in [0.25, 0.3) is 0 Å². The van der Waals surface area contributed by atoms with Crippen molar-refractivity contribution in [3.8, 4) is 0 Å². The highest BCUT2D eigenvalue weighted by Crippen LogP contribution is 2.27. The van der Waals surface area contributed by atoms with Crippen LogP contribution >= 0.6 is 23.1 Å². The Hall–Kier alpha value is -2.64. The molecule has 0 N–H and O–H groups in total. The second kappa shape index (κ2) is 9.91. The number of allylic oxidation sites excluding steroid dienone is 1. The van der Waals surface area contributed by atoms with Gasteiger partial charge in [-0.1, -0.05) is 18.2 Å². The molecule has 2 aromatic heterocycles. The smallest absolute Gasteiger partial charge is 0.339 e. The Kier molecular flexibility index (Phi) is 7.29. The minimum Gasteiger partial charge on any atom is -0.454 e. The van der Waals surface area contributed by atoms with Gasteiger partial charge in [0.05, 0.1) is 16.3 Å². The van der Waals surface area contributed by atoms with E-state index in [4.69, 9.17) is 4.74 Å². The molecule has 0 spiro atoms. The SMILES string of the molecule is C=CCn1c(C)cc(C(=O)COC(=O)c2ccccc2SCc2csc(C)n2)c1C. The Morgan fingerprint density at radius 3 is 2.70 bits per heavy atom. The largest absolute Gasteiger partial charge is 0.454 e. The van der Waals surface area contributed by atoms with Crippen LogP contribution in [-0.4, -0.2) is 27.9 Å². The van der Waals surface area contributed by atoms with Gasteiger partial charge in [-0.25, -0.2) is 9.78 Å². The lowest BCUT2D eigenvalue weighted by molar-refractivity contribution is 0.0471. The van der Waals surface area contributed by atoms with Crippen molar-refractivity contribution in [2.24, 2.45) is 0 Å². The molecule has 0 aliphatic heterocycles. The van der Waals surface area contributed by atoms with Gasteiger partial charge >= 0.3 is 5.97 Å². The summed E-state index contributed by atoms with van der Waals surface area (Å²) in [5, 5.41) is 3.04. The zero-order valence-corrected chi connectivity index (χ0v) is 18.9. The molecule has 0 bridgehead atoms. The summed E-state index contributed by atoms with van der Waals surface area (Å²) in [6.45, 7) is 9.89. The van der Waals surface area contributed by atoms with Crippen molar-refractivity contribution in [3.05, 3.63) is 81.6 Å². The Bertz CT molecular complexity index is 1080. The highest BCUT2D eigenvalue weighted by molar-refractivity contribution is 7.98. The highest BCUT2D eigenvalue weighted by Gasteiger charge is 2.19. The minimum absolute atomic E-state index is 0.213. The molecular weight excluding hydrogens is 416 g/mol. The zero-order chi connectivity index (χ0) is 21.7. The molecule has 2 heterocycles. The predicted molar refractivity (Wildman–Crippen MR) is 122 cm³/mol. The van der Waals surface area contributed by atoms with Crippen molar-refractivity contribution in [1.29, 1.82) is 0 Å². The highest BCUT2D eigenvalue weighted by atomic mass is 32.2. The third-order valence-electron chi connectivity index (χ3n) is 4.67. The van der Waals surface area contributed by atoms with Crippen LogP contribution in [0.2, 0.25) is 0 Å². The summed E-state index contributed by atoms with van der Waals surface area (Å²) in [7, 11) is 0. The molecule has 0 amide bonds. The molecule has 156 valence electrons. The number of ketones is 1. The number of hydrogen-bond donors (Lipinski definition) is 0. The molecule has 3 aromatic rings. The number of thioether (sulfide) groups is 1. The maximum atomic E-state index is 12.7. The number of aryl methyl sites for hydroxylation is 2. The third-order valence-corrected chi connectivity index (χ3v) is 6.60. The van der Waals surface area contributed by atoms with Gasteiger partial charge in [0.1, 0.15) is 0 Å². The fraction of sp³-hybridized carbons (Fsp3) is 0.261. The molecule has 30 heavy (non-hydrogen) atoms. The number of ether oxygens (including phenoxy) is 1. The van der Waals surface area contributed by atoms with Gasteiger partial charge in [-0.15, -0.1) is 29.7 Å². The molecule has 0 aliphatic rings. The number of carbonyl (C=O) groups is 2. The van der Waals surface area contributed by atoms with E-state index in [1.165, 1.54) is 11.8 Å². The maximum Gasteiger partial charge on any atom is 0.339 e. The zero-order valence-electron chi connectivity index (χ0n) is 17.3. The van der Waals surface area contributed by atoms with Crippen molar-refractivity contribution in [2.75, 3.05) is 6.61 Å². The molecular formula is C23H24N2O3S2. The van der Waals surface area contributed by atoms with Crippen molar-refractivity contribution >= 4 is 34.9 Å². The van der Waals surface area contributed by atoms with E-state index >= 15 is 0 Å². The van der Waals surface area contributed by atoms with Crippen LogP contribution in [0.1, 0.15) is 42.8 Å². The van der Waals surface area contributed by atoms with E-state index in [1.54, 1.807) is 29.5 Å². The fourth-order valence-corrected chi connectivity index (χ4v) is 4.82. The topological polar surface area (TPSA) is 61.2 Å². The molecule has 0 unspecified atom stereocenters. The van der Waals surface area contributed by atoms with Crippen LogP contribution in [-0.2, 0) is 17.0 Å². The van der Waals surface area contributed by atoms with Gasteiger partial charge in [0.2, 0.25) is 5.78 Å². The van der Waals surface area contributed by atoms with E-state index in [0.717, 1.165) is 27.0 Å². The Morgan fingerprint density at radius 2 is 2.00 bits per heavy atom. The number of thiazole rings is 1. The number of rotatable bonds is 9. The average molecular weight is 441 g/mol. The van der Waals surface area contributed by atoms with Gasteiger partial charge in [-0.05, 0) is 39.0 Å². The van der Waals surface area contributed by atoms with Gasteiger partial charge < -0.3 is 9.30 Å². The lowest BCUT2D eigenvalue weighted by atomic mass is 10.1. The van der Waals surface area contributed by atoms with E-state index in [-0.39, 0.29) is 12.4 Å². The number of carbonyl (C=O) groups excluding carboxylic acids is 2. The monoisotopic (exact) mass is 440 g/mol. The molecule has 0 fully saturated rings. The van der Waals surface area contributed by atoms with Crippen molar-refractivity contribution < 1.29 is 14.3 Å². The molecule has 5 nitrogen and oxygen atoms in total. The van der Waals surface area contributed by atoms with Crippen LogP contribution in [0.15, 0.2) is 53.3 Å². The van der Waals surface area contributed by atoms with Gasteiger partial charge in [-0.2, -0.15) is 0 Å². The first-order chi connectivity index (χ1) is 14.4. The quantitative estimate of drug-likeness (QED) is 0.193. The van der Waals surface area contributed by atoms with Crippen LogP contribution in [0, 0.1) is 20.8 Å². The molecule has 3 rings (SSSR count). The van der Waals surface area contributed by atoms with Crippen LogP contribution in [0.4, 0.5) is 0 Å². The minimum atomic E-state index is -0.499. The Morgan fingerprint density at radius 1 is 1.23 bits per heavy atom. The summed E-state index contributed by atoms with van der Waals surface area (Å²) < 4.78 is 7.37. The second-order valence-electron chi connectivity index (χ2n) is 6.83. The number of aromatic nitrogens is 2. The molecule has 0 atom stereocenters. The van der Waals surface area contributed by atoms with Crippen LogP contribution in [0.5, 0.6) is 0 Å².